The third-order valence-corrected chi connectivity index (χ3v) is 5.11. The summed E-state index contributed by atoms with van der Waals surface area (Å²) < 4.78 is 6.97. The first-order valence-corrected chi connectivity index (χ1v) is 9.30. The van der Waals surface area contributed by atoms with Crippen molar-refractivity contribution >= 4 is 16.8 Å². The number of carbonyl (C=O) groups excluding carboxylic acids is 1. The maximum atomic E-state index is 11.6. The molecule has 0 bridgehead atoms. The Hall–Kier alpha value is -2.64. The Kier molecular flexibility index (Phi) is 5.22. The predicted octanol–water partition coefficient (Wildman–Crippen LogP) is 2.07. The van der Waals surface area contributed by atoms with Crippen LogP contribution >= 0.6 is 0 Å². The molecule has 1 atom stereocenters. The van der Waals surface area contributed by atoms with Gasteiger partial charge in [-0.25, -0.2) is 0 Å². The van der Waals surface area contributed by atoms with E-state index in [1.807, 2.05) is 12.4 Å². The highest BCUT2D eigenvalue weighted by Crippen LogP contribution is 2.26. The van der Waals surface area contributed by atoms with Crippen LogP contribution in [0.4, 0.5) is 0 Å². The van der Waals surface area contributed by atoms with Crippen LogP contribution in [0.2, 0.25) is 0 Å². The van der Waals surface area contributed by atoms with E-state index >= 15 is 0 Å². The lowest BCUT2D eigenvalue weighted by Gasteiger charge is -2.34. The van der Waals surface area contributed by atoms with Crippen LogP contribution in [-0.4, -0.2) is 52.4 Å². The van der Waals surface area contributed by atoms with Crippen LogP contribution in [0.25, 0.3) is 10.9 Å². The summed E-state index contributed by atoms with van der Waals surface area (Å²) in [7, 11) is 1.53. The van der Waals surface area contributed by atoms with E-state index < -0.39 is 0 Å². The lowest BCUT2D eigenvalue weighted by atomic mass is 10.1. The Morgan fingerprint density at radius 1 is 1.37 bits per heavy atom. The molecule has 1 amide bonds. The molecule has 0 spiro atoms. The van der Waals surface area contributed by atoms with Gasteiger partial charge >= 0.3 is 0 Å². The Morgan fingerprint density at radius 2 is 2.30 bits per heavy atom. The number of amides is 1. The summed E-state index contributed by atoms with van der Waals surface area (Å²) in [5.74, 6) is -0.0787. The quantitative estimate of drug-likeness (QED) is 0.670. The predicted molar refractivity (Wildman–Crippen MR) is 103 cm³/mol. The lowest BCUT2D eigenvalue weighted by molar-refractivity contribution is -0.124. The molecule has 1 aliphatic heterocycles. The maximum Gasteiger partial charge on any atom is 0.245 e. The van der Waals surface area contributed by atoms with Crippen molar-refractivity contribution in [1.29, 1.82) is 0 Å². The Balaban J connectivity index is 1.45. The highest BCUT2D eigenvalue weighted by atomic mass is 16.5. The SMILES string of the molecule is COCC(=O)NCC[C@H]1CN(Cc2cccc3[nH]ccc23)Cc2ccnn21. The molecule has 27 heavy (non-hydrogen) atoms. The van der Waals surface area contributed by atoms with E-state index in [0.29, 0.717) is 6.54 Å². The van der Waals surface area contributed by atoms with E-state index in [2.05, 4.69) is 55.3 Å². The molecule has 0 saturated carbocycles. The number of hydrogen-bond donors (Lipinski definition) is 2. The van der Waals surface area contributed by atoms with Gasteiger partial charge in [0.2, 0.25) is 5.91 Å². The minimum absolute atomic E-state index is 0.0787. The lowest BCUT2D eigenvalue weighted by Crippen LogP contribution is -2.39. The number of aromatic amines is 1. The first-order valence-electron chi connectivity index (χ1n) is 9.30. The summed E-state index contributed by atoms with van der Waals surface area (Å²) in [6, 6.07) is 10.9. The molecule has 3 aromatic rings. The second kappa shape index (κ2) is 7.94. The van der Waals surface area contributed by atoms with Crippen molar-refractivity contribution < 1.29 is 9.53 Å². The standard InChI is InChI=1S/C20H25N5O2/c1-27-14-20(26)22-8-5-16-12-24(13-17-6-10-23-25(16)17)11-15-3-2-4-19-18(15)7-9-21-19/h2-4,6-7,9-10,16,21H,5,8,11-14H2,1H3,(H,22,26)/t16-/m0/s1. The van der Waals surface area contributed by atoms with Crippen molar-refractivity contribution in [3.8, 4) is 0 Å². The van der Waals surface area contributed by atoms with Crippen molar-refractivity contribution in [3.63, 3.8) is 0 Å². The van der Waals surface area contributed by atoms with Crippen LogP contribution in [-0.2, 0) is 22.6 Å². The van der Waals surface area contributed by atoms with Crippen LogP contribution in [0.3, 0.4) is 0 Å². The zero-order chi connectivity index (χ0) is 18.6. The fraction of sp³-hybridized carbons (Fsp3) is 0.400. The molecule has 2 aromatic heterocycles. The minimum atomic E-state index is -0.0787. The van der Waals surface area contributed by atoms with Gasteiger partial charge in [-0.3, -0.25) is 14.4 Å². The summed E-state index contributed by atoms with van der Waals surface area (Å²) in [6.07, 6.45) is 4.70. The molecule has 0 aliphatic carbocycles. The Morgan fingerprint density at radius 3 is 3.19 bits per heavy atom. The largest absolute Gasteiger partial charge is 0.375 e. The third-order valence-electron chi connectivity index (χ3n) is 5.11. The van der Waals surface area contributed by atoms with Gasteiger partial charge in [0.1, 0.15) is 6.61 Å². The van der Waals surface area contributed by atoms with Crippen molar-refractivity contribution in [3.05, 3.63) is 54.0 Å². The highest BCUT2D eigenvalue weighted by molar-refractivity contribution is 5.82. The number of nitrogens with one attached hydrogen (secondary N) is 2. The van der Waals surface area contributed by atoms with Gasteiger partial charge in [-0.15, -0.1) is 0 Å². The average Bonchev–Trinajstić information content (AvgIpc) is 3.31. The number of methoxy groups -OCH3 is 1. The summed E-state index contributed by atoms with van der Waals surface area (Å²) >= 11 is 0. The van der Waals surface area contributed by atoms with E-state index in [1.54, 1.807) is 0 Å². The topological polar surface area (TPSA) is 75.2 Å². The first kappa shape index (κ1) is 17.8. The highest BCUT2D eigenvalue weighted by Gasteiger charge is 2.25. The molecule has 1 aliphatic rings. The number of rotatable bonds is 7. The summed E-state index contributed by atoms with van der Waals surface area (Å²) in [6.45, 7) is 3.41. The molecule has 1 aromatic carbocycles. The number of hydrogen-bond acceptors (Lipinski definition) is 4. The average molecular weight is 367 g/mol. The van der Waals surface area contributed by atoms with E-state index in [-0.39, 0.29) is 18.6 Å². The normalized spacial score (nSPS) is 17.1. The van der Waals surface area contributed by atoms with E-state index in [4.69, 9.17) is 4.74 Å². The van der Waals surface area contributed by atoms with E-state index in [0.717, 1.165) is 26.1 Å². The zero-order valence-corrected chi connectivity index (χ0v) is 15.5. The van der Waals surface area contributed by atoms with E-state index in [9.17, 15) is 4.79 Å². The van der Waals surface area contributed by atoms with Gasteiger partial charge in [-0.2, -0.15) is 5.10 Å². The summed E-state index contributed by atoms with van der Waals surface area (Å²) in [5.41, 5.74) is 3.72. The molecule has 3 heterocycles. The fourth-order valence-electron chi connectivity index (χ4n) is 3.89. The third kappa shape index (κ3) is 3.89. The molecule has 7 nitrogen and oxygen atoms in total. The van der Waals surface area contributed by atoms with E-state index in [1.165, 1.54) is 29.3 Å². The van der Waals surface area contributed by atoms with Crippen molar-refractivity contribution in [2.45, 2.75) is 25.6 Å². The van der Waals surface area contributed by atoms with Crippen molar-refractivity contribution in [2.75, 3.05) is 26.8 Å². The number of fused-ring (bicyclic) bond motifs is 2. The monoisotopic (exact) mass is 367 g/mol. The van der Waals surface area contributed by atoms with Crippen LogP contribution in [0.5, 0.6) is 0 Å². The molecule has 0 radical (unpaired) electrons. The molecule has 142 valence electrons. The Labute approximate surface area is 158 Å². The van der Waals surface area contributed by atoms with Gasteiger partial charge in [0.25, 0.3) is 0 Å². The van der Waals surface area contributed by atoms with Gasteiger partial charge in [0.05, 0.1) is 11.7 Å². The van der Waals surface area contributed by atoms with Crippen LogP contribution in [0.15, 0.2) is 42.7 Å². The minimum Gasteiger partial charge on any atom is -0.375 e. The van der Waals surface area contributed by atoms with Crippen LogP contribution in [0, 0.1) is 0 Å². The molecule has 0 unspecified atom stereocenters. The molecule has 2 N–H and O–H groups in total. The zero-order valence-electron chi connectivity index (χ0n) is 15.5. The van der Waals surface area contributed by atoms with Gasteiger partial charge < -0.3 is 15.0 Å². The smallest absolute Gasteiger partial charge is 0.245 e. The molecular formula is C20H25N5O2. The second-order valence-electron chi connectivity index (χ2n) is 7.02. The number of carbonyl (C=O) groups is 1. The molecule has 4 rings (SSSR count). The first-order chi connectivity index (χ1) is 13.2. The van der Waals surface area contributed by atoms with Crippen LogP contribution < -0.4 is 5.32 Å². The van der Waals surface area contributed by atoms with Crippen LogP contribution in [0.1, 0.15) is 23.7 Å². The summed E-state index contributed by atoms with van der Waals surface area (Å²) in [4.78, 5) is 17.4. The summed E-state index contributed by atoms with van der Waals surface area (Å²) in [5, 5.41) is 8.69. The van der Waals surface area contributed by atoms with Crippen molar-refractivity contribution in [2.24, 2.45) is 0 Å². The van der Waals surface area contributed by atoms with Gasteiger partial charge in [-0.05, 0) is 30.2 Å². The maximum absolute atomic E-state index is 11.6. The molecule has 0 fully saturated rings. The van der Waals surface area contributed by atoms with Gasteiger partial charge in [-0.1, -0.05) is 12.1 Å². The van der Waals surface area contributed by atoms with Gasteiger partial charge in [0, 0.05) is 56.6 Å². The molecule has 0 saturated heterocycles. The number of benzene rings is 1. The number of nitrogens with zero attached hydrogens (tertiary/aromatic N) is 3. The van der Waals surface area contributed by atoms with Gasteiger partial charge in [0.15, 0.2) is 0 Å². The number of ether oxygens (including phenoxy) is 1. The number of H-pyrrole nitrogens is 1. The second-order valence-corrected chi connectivity index (χ2v) is 7.02. The fourth-order valence-corrected chi connectivity index (χ4v) is 3.89. The van der Waals surface area contributed by atoms with Crippen molar-refractivity contribution in [1.82, 2.24) is 25.0 Å². The number of aromatic nitrogens is 3. The Bertz CT molecular complexity index is 916. The molecule has 7 heteroatoms. The molecular weight excluding hydrogens is 342 g/mol.